The van der Waals surface area contributed by atoms with E-state index in [1.165, 1.54) is 18.2 Å². The summed E-state index contributed by atoms with van der Waals surface area (Å²) in [5.74, 6) is -2.13. The van der Waals surface area contributed by atoms with Crippen molar-refractivity contribution in [1.29, 1.82) is 0 Å². The predicted molar refractivity (Wildman–Crippen MR) is 71.5 cm³/mol. The summed E-state index contributed by atoms with van der Waals surface area (Å²) in [4.78, 5) is 11.1. The van der Waals surface area contributed by atoms with E-state index in [2.05, 4.69) is 21.2 Å². The van der Waals surface area contributed by atoms with E-state index in [-0.39, 0.29) is 10.2 Å². The fourth-order valence-electron chi connectivity index (χ4n) is 1.75. The summed E-state index contributed by atoms with van der Waals surface area (Å²) >= 11 is 2.78. The lowest BCUT2D eigenvalue weighted by molar-refractivity contribution is -0.132. The fraction of sp³-hybridized carbons (Fsp3) is 0.154. The second kappa shape index (κ2) is 5.70. The van der Waals surface area contributed by atoms with Gasteiger partial charge in [0.2, 0.25) is 0 Å². The zero-order chi connectivity index (χ0) is 14.9. The van der Waals surface area contributed by atoms with E-state index in [1.807, 2.05) is 0 Å². The fourth-order valence-corrected chi connectivity index (χ4v) is 2.21. The predicted octanol–water partition coefficient (Wildman–Crippen LogP) is 3.54. The van der Waals surface area contributed by atoms with Gasteiger partial charge in [-0.25, -0.2) is 18.0 Å². The van der Waals surface area contributed by atoms with Gasteiger partial charge in [0.1, 0.15) is 5.82 Å². The zero-order valence-electron chi connectivity index (χ0n) is 9.91. The van der Waals surface area contributed by atoms with Crippen LogP contribution in [0.25, 0.3) is 0 Å². The third-order valence-corrected chi connectivity index (χ3v) is 3.41. The minimum absolute atomic E-state index is 0.123. The Hall–Kier alpha value is -1.76. The monoisotopic (exact) mass is 347 g/mol. The third-order valence-electron chi connectivity index (χ3n) is 2.74. The highest BCUT2D eigenvalue weighted by molar-refractivity contribution is 9.11. The quantitative estimate of drug-likeness (QED) is 0.879. The highest BCUT2D eigenvalue weighted by Gasteiger charge is 2.35. The minimum atomic E-state index is -2.22. The first kappa shape index (κ1) is 14.6. The molecule has 3 nitrogen and oxygen atoms in total. The van der Waals surface area contributed by atoms with Gasteiger partial charge in [0.25, 0.3) is 0 Å². The Kier molecular flexibility index (Phi) is 4.17. The molecule has 0 bridgehead atoms. The smallest absolute Gasteiger partial charge is 0.337 e. The molecule has 1 aromatic rings. The summed E-state index contributed by atoms with van der Waals surface area (Å²) in [7, 11) is 0. The maximum absolute atomic E-state index is 14.0. The lowest BCUT2D eigenvalue weighted by Gasteiger charge is -2.24. The minimum Gasteiger partial charge on any atom is -0.478 e. The van der Waals surface area contributed by atoms with Gasteiger partial charge >= 0.3 is 5.97 Å². The summed E-state index contributed by atoms with van der Waals surface area (Å²) in [6.45, 7) is 0. The van der Waals surface area contributed by atoms with Gasteiger partial charge < -0.3 is 10.4 Å². The first-order chi connectivity index (χ1) is 9.41. The lowest BCUT2D eigenvalue weighted by Crippen LogP contribution is -2.30. The Bertz CT molecular complexity index is 615. The molecule has 0 aliphatic heterocycles. The standard InChI is InChI=1S/C13H9BrF3NO2/c14-7-5-6(13(19)20)12(11(17)10(7)16)18-9-4-2-1-3-8(9)15/h1-5,10-11,18H,(H,19,20). The molecule has 2 rings (SSSR count). The molecule has 1 aliphatic carbocycles. The number of aliphatic carboxylic acids is 1. The lowest BCUT2D eigenvalue weighted by atomic mass is 9.99. The number of benzene rings is 1. The van der Waals surface area contributed by atoms with Crippen LogP contribution in [-0.4, -0.2) is 23.4 Å². The van der Waals surface area contributed by atoms with Crippen LogP contribution in [0.1, 0.15) is 0 Å². The Balaban J connectivity index is 2.47. The second-order valence-electron chi connectivity index (χ2n) is 4.07. The number of rotatable bonds is 3. The molecule has 2 unspecified atom stereocenters. The van der Waals surface area contributed by atoms with Crippen LogP contribution in [-0.2, 0) is 4.79 Å². The van der Waals surface area contributed by atoms with Gasteiger partial charge in [0.15, 0.2) is 12.3 Å². The largest absolute Gasteiger partial charge is 0.478 e. The van der Waals surface area contributed by atoms with Gasteiger partial charge in [-0.15, -0.1) is 0 Å². The van der Waals surface area contributed by atoms with E-state index in [0.717, 1.165) is 12.1 Å². The molecule has 2 atom stereocenters. The number of nitrogens with one attached hydrogen (secondary N) is 1. The molecule has 20 heavy (non-hydrogen) atoms. The molecule has 0 aromatic heterocycles. The van der Waals surface area contributed by atoms with Gasteiger partial charge in [-0.1, -0.05) is 28.1 Å². The number of carboxylic acids is 1. The molecule has 7 heteroatoms. The average molecular weight is 348 g/mol. The molecule has 0 amide bonds. The normalized spacial score (nSPS) is 22.5. The average Bonchev–Trinajstić information content (AvgIpc) is 2.41. The van der Waals surface area contributed by atoms with Crippen LogP contribution >= 0.6 is 15.9 Å². The first-order valence-electron chi connectivity index (χ1n) is 5.56. The van der Waals surface area contributed by atoms with Crippen molar-refractivity contribution in [3.8, 4) is 0 Å². The summed E-state index contributed by atoms with van der Waals surface area (Å²) in [6, 6.07) is 5.34. The van der Waals surface area contributed by atoms with Crippen LogP contribution < -0.4 is 5.32 Å². The van der Waals surface area contributed by atoms with Crippen LogP contribution in [0.3, 0.4) is 0 Å². The Labute approximate surface area is 120 Å². The number of hydrogen-bond acceptors (Lipinski definition) is 2. The molecule has 2 N–H and O–H groups in total. The number of carboxylic acid groups (broad SMARTS) is 1. The van der Waals surface area contributed by atoms with Crippen molar-refractivity contribution in [3.63, 3.8) is 0 Å². The number of allylic oxidation sites excluding steroid dienone is 2. The van der Waals surface area contributed by atoms with E-state index < -0.39 is 35.4 Å². The van der Waals surface area contributed by atoms with Crippen molar-refractivity contribution >= 4 is 27.6 Å². The number of halogens is 4. The van der Waals surface area contributed by atoms with Gasteiger partial charge in [-0.3, -0.25) is 0 Å². The number of alkyl halides is 2. The summed E-state index contributed by atoms with van der Waals surface area (Å²) in [5.41, 5.74) is -1.10. The number of para-hydroxylation sites is 1. The van der Waals surface area contributed by atoms with Crippen molar-refractivity contribution in [1.82, 2.24) is 0 Å². The number of anilines is 1. The number of carbonyl (C=O) groups is 1. The highest BCUT2D eigenvalue weighted by atomic mass is 79.9. The van der Waals surface area contributed by atoms with Crippen LogP contribution in [0.15, 0.2) is 46.1 Å². The number of hydrogen-bond donors (Lipinski definition) is 2. The third kappa shape index (κ3) is 2.72. The van der Waals surface area contributed by atoms with E-state index in [4.69, 9.17) is 5.11 Å². The zero-order valence-corrected chi connectivity index (χ0v) is 11.5. The topological polar surface area (TPSA) is 49.3 Å². The molecule has 1 aliphatic rings. The molecular weight excluding hydrogens is 339 g/mol. The molecule has 0 radical (unpaired) electrons. The Morgan fingerprint density at radius 3 is 2.50 bits per heavy atom. The van der Waals surface area contributed by atoms with E-state index in [0.29, 0.717) is 0 Å². The molecular formula is C13H9BrF3NO2. The first-order valence-corrected chi connectivity index (χ1v) is 6.35. The Morgan fingerprint density at radius 2 is 1.90 bits per heavy atom. The molecule has 1 aromatic carbocycles. The van der Waals surface area contributed by atoms with Gasteiger partial charge in [-0.05, 0) is 18.2 Å². The molecule has 0 fully saturated rings. The van der Waals surface area contributed by atoms with Crippen molar-refractivity contribution in [3.05, 3.63) is 51.9 Å². The van der Waals surface area contributed by atoms with Gasteiger partial charge in [-0.2, -0.15) is 0 Å². The van der Waals surface area contributed by atoms with Gasteiger partial charge in [0.05, 0.1) is 17.0 Å². The summed E-state index contributed by atoms with van der Waals surface area (Å²) in [5, 5.41) is 11.4. The molecule has 0 heterocycles. The maximum atomic E-state index is 14.0. The van der Waals surface area contributed by atoms with Crippen LogP contribution in [0.2, 0.25) is 0 Å². The van der Waals surface area contributed by atoms with Gasteiger partial charge in [0, 0.05) is 4.48 Å². The van der Waals surface area contributed by atoms with Crippen molar-refractivity contribution in [2.24, 2.45) is 0 Å². The van der Waals surface area contributed by atoms with Crippen LogP contribution in [0, 0.1) is 5.82 Å². The van der Waals surface area contributed by atoms with E-state index in [9.17, 15) is 18.0 Å². The second-order valence-corrected chi connectivity index (χ2v) is 4.99. The summed E-state index contributed by atoms with van der Waals surface area (Å²) < 4.78 is 40.9. The Morgan fingerprint density at radius 1 is 1.25 bits per heavy atom. The summed E-state index contributed by atoms with van der Waals surface area (Å²) in [6.07, 6.45) is -3.29. The molecule has 0 saturated heterocycles. The molecule has 106 valence electrons. The van der Waals surface area contributed by atoms with Crippen molar-refractivity contribution in [2.75, 3.05) is 5.32 Å². The van der Waals surface area contributed by atoms with E-state index in [1.54, 1.807) is 0 Å². The van der Waals surface area contributed by atoms with Crippen LogP contribution in [0.4, 0.5) is 18.9 Å². The maximum Gasteiger partial charge on any atom is 0.337 e. The van der Waals surface area contributed by atoms with Crippen LogP contribution in [0.5, 0.6) is 0 Å². The molecule has 0 spiro atoms. The highest BCUT2D eigenvalue weighted by Crippen LogP contribution is 2.33. The van der Waals surface area contributed by atoms with Crippen molar-refractivity contribution < 1.29 is 23.1 Å². The van der Waals surface area contributed by atoms with Crippen molar-refractivity contribution in [2.45, 2.75) is 12.3 Å². The van der Waals surface area contributed by atoms with E-state index >= 15 is 0 Å². The SMILES string of the molecule is O=C(O)C1=C(Nc2ccccc2F)C(F)C(F)C(Br)=C1. The molecule has 0 saturated carbocycles.